The van der Waals surface area contributed by atoms with Gasteiger partial charge in [0.15, 0.2) is 0 Å². The van der Waals surface area contributed by atoms with E-state index in [2.05, 4.69) is 81.9 Å². The van der Waals surface area contributed by atoms with Gasteiger partial charge in [-0.25, -0.2) is 0 Å². The van der Waals surface area contributed by atoms with Gasteiger partial charge in [0.25, 0.3) is 0 Å². The molecule has 50 heavy (non-hydrogen) atoms. The van der Waals surface area contributed by atoms with Crippen LogP contribution < -0.4 is 0 Å². The van der Waals surface area contributed by atoms with Crippen LogP contribution in [0.4, 0.5) is 0 Å². The van der Waals surface area contributed by atoms with E-state index < -0.39 is 0 Å². The number of rotatable bonds is 4. The van der Waals surface area contributed by atoms with Crippen LogP contribution in [-0.2, 0) is 0 Å². The second-order valence-corrected chi connectivity index (χ2v) is 12.3. The Morgan fingerprint density at radius 2 is 0.920 bits per heavy atom. The number of fused-ring (bicyclic) bond motifs is 6. The molecule has 2 heterocycles. The van der Waals surface area contributed by atoms with Crippen LogP contribution in [0.3, 0.4) is 0 Å². The molecule has 230 valence electrons. The molecule has 0 unspecified atom stereocenters. The van der Waals surface area contributed by atoms with Crippen LogP contribution in [0, 0.1) is 34.0 Å². The molecule has 0 spiro atoms. The van der Waals surface area contributed by atoms with Crippen molar-refractivity contribution in [3.8, 4) is 51.8 Å². The first kappa shape index (κ1) is 28.8. The summed E-state index contributed by atoms with van der Waals surface area (Å²) in [5, 5.41) is 34.5. The monoisotopic (exact) mass is 635 g/mol. The summed E-state index contributed by atoms with van der Waals surface area (Å²) in [6.45, 7) is 0. The van der Waals surface area contributed by atoms with E-state index >= 15 is 0 Å². The van der Waals surface area contributed by atoms with E-state index in [9.17, 15) is 15.8 Å². The third-order valence-electron chi connectivity index (χ3n) is 9.61. The van der Waals surface area contributed by atoms with Crippen molar-refractivity contribution >= 4 is 43.6 Å². The number of nitrogens with zero attached hydrogens (tertiary/aromatic N) is 5. The lowest BCUT2D eigenvalue weighted by Gasteiger charge is -2.20. The normalized spacial score (nSPS) is 11.1. The van der Waals surface area contributed by atoms with Gasteiger partial charge in [0.2, 0.25) is 0 Å². The number of aromatic nitrogens is 2. The van der Waals surface area contributed by atoms with Crippen molar-refractivity contribution in [3.05, 3.63) is 168 Å². The van der Waals surface area contributed by atoms with Crippen LogP contribution in [0.1, 0.15) is 16.7 Å². The molecule has 2 aromatic heterocycles. The minimum atomic E-state index is 0.553. The number of nitriles is 3. The summed E-state index contributed by atoms with van der Waals surface area (Å²) in [5.41, 5.74) is 11.2. The number of hydrogen-bond acceptors (Lipinski definition) is 3. The summed E-state index contributed by atoms with van der Waals surface area (Å²) < 4.78 is 4.43. The molecule has 0 bridgehead atoms. The predicted octanol–water partition coefficient (Wildman–Crippen LogP) is 10.8. The van der Waals surface area contributed by atoms with Crippen molar-refractivity contribution in [2.75, 3.05) is 0 Å². The molecule has 0 N–H and O–H groups in total. The lowest BCUT2D eigenvalue weighted by atomic mass is 9.93. The predicted molar refractivity (Wildman–Crippen MR) is 200 cm³/mol. The summed E-state index contributed by atoms with van der Waals surface area (Å²) in [5.74, 6) is 0. The van der Waals surface area contributed by atoms with E-state index in [-0.39, 0.29) is 0 Å². The number of hydrogen-bond donors (Lipinski definition) is 0. The molecule has 0 fully saturated rings. The largest absolute Gasteiger partial charge is 0.308 e. The molecule has 0 aliphatic rings. The molecular weight excluding hydrogens is 611 g/mol. The highest BCUT2D eigenvalue weighted by atomic mass is 15.0. The first-order valence-electron chi connectivity index (χ1n) is 16.3. The maximum atomic E-state index is 10.7. The van der Waals surface area contributed by atoms with E-state index in [4.69, 9.17) is 0 Å². The Labute approximate surface area is 287 Å². The van der Waals surface area contributed by atoms with Crippen LogP contribution in [-0.4, -0.2) is 9.13 Å². The van der Waals surface area contributed by atoms with Crippen LogP contribution in [0.15, 0.2) is 152 Å². The molecule has 0 aliphatic carbocycles. The second-order valence-electron chi connectivity index (χ2n) is 12.3. The van der Waals surface area contributed by atoms with Gasteiger partial charge in [-0.05, 0) is 71.8 Å². The number of benzene rings is 7. The maximum Gasteiger partial charge on any atom is 0.101 e. The fourth-order valence-corrected chi connectivity index (χ4v) is 7.46. The standard InChI is InChI=1S/C45H25N5/c46-26-29-9-7-10-31(23-29)34-14-8-15-35(45(34)50-43-18-6-3-13-38(43)39-24-30(27-47)19-21-44(39)50)32-20-22-40(33(25-32)28-48)49-41-16-4-1-11-36(41)37-12-2-5-17-42(37)49/h1-25H. The van der Waals surface area contributed by atoms with E-state index in [0.29, 0.717) is 16.7 Å². The van der Waals surface area contributed by atoms with Gasteiger partial charge in [-0.15, -0.1) is 0 Å². The van der Waals surface area contributed by atoms with Gasteiger partial charge in [-0.2, -0.15) is 15.8 Å². The average Bonchev–Trinajstić information content (AvgIpc) is 3.69. The van der Waals surface area contributed by atoms with Crippen LogP contribution in [0.25, 0.3) is 77.2 Å². The molecule has 9 rings (SSSR count). The van der Waals surface area contributed by atoms with E-state index in [1.807, 2.05) is 97.1 Å². The molecule has 0 saturated heterocycles. The minimum Gasteiger partial charge on any atom is -0.308 e. The highest BCUT2D eigenvalue weighted by Gasteiger charge is 2.22. The maximum absolute atomic E-state index is 10.7. The minimum absolute atomic E-state index is 0.553. The Balaban J connectivity index is 1.36. The number of para-hydroxylation sites is 4. The Morgan fingerprint density at radius 3 is 1.56 bits per heavy atom. The molecule has 9 aromatic rings. The van der Waals surface area contributed by atoms with Crippen molar-refractivity contribution in [1.82, 2.24) is 9.13 Å². The Bertz CT molecular complexity index is 2920. The zero-order valence-corrected chi connectivity index (χ0v) is 26.7. The van der Waals surface area contributed by atoms with E-state index in [1.165, 1.54) is 0 Å². The summed E-state index contributed by atoms with van der Waals surface area (Å²) in [7, 11) is 0. The van der Waals surface area contributed by atoms with Crippen molar-refractivity contribution in [1.29, 1.82) is 15.8 Å². The third-order valence-corrected chi connectivity index (χ3v) is 9.61. The van der Waals surface area contributed by atoms with Gasteiger partial charge in [0, 0.05) is 32.7 Å². The molecule has 5 nitrogen and oxygen atoms in total. The first-order chi connectivity index (χ1) is 24.7. The third kappa shape index (κ3) is 4.31. The molecule has 0 atom stereocenters. The van der Waals surface area contributed by atoms with Crippen molar-refractivity contribution in [2.45, 2.75) is 0 Å². The van der Waals surface area contributed by atoms with Gasteiger partial charge in [0.05, 0.1) is 62.3 Å². The summed E-state index contributed by atoms with van der Waals surface area (Å²) in [6, 6.07) is 57.7. The smallest absolute Gasteiger partial charge is 0.101 e. The molecule has 5 heteroatoms. The topological polar surface area (TPSA) is 81.2 Å². The Morgan fingerprint density at radius 1 is 0.380 bits per heavy atom. The molecule has 7 aromatic carbocycles. The molecular formula is C45H25N5. The SMILES string of the molecule is N#Cc1cccc(-c2cccc(-c3ccc(-n4c5ccccc5c5ccccc54)c(C#N)c3)c2-n2c3ccccc3c3cc(C#N)ccc32)c1. The first-order valence-corrected chi connectivity index (χ1v) is 16.3. The highest BCUT2D eigenvalue weighted by molar-refractivity contribution is 6.11. The van der Waals surface area contributed by atoms with Gasteiger partial charge >= 0.3 is 0 Å². The lowest BCUT2D eigenvalue weighted by Crippen LogP contribution is -2.02. The fourth-order valence-electron chi connectivity index (χ4n) is 7.46. The summed E-state index contributed by atoms with van der Waals surface area (Å²) in [6.07, 6.45) is 0. The fraction of sp³-hybridized carbons (Fsp3) is 0. The van der Waals surface area contributed by atoms with Crippen molar-refractivity contribution in [3.63, 3.8) is 0 Å². The van der Waals surface area contributed by atoms with E-state index in [0.717, 1.165) is 77.2 Å². The highest BCUT2D eigenvalue weighted by Crippen LogP contribution is 2.42. The quantitative estimate of drug-likeness (QED) is 0.193. The summed E-state index contributed by atoms with van der Waals surface area (Å²) in [4.78, 5) is 0. The van der Waals surface area contributed by atoms with Gasteiger partial charge in [0.1, 0.15) is 6.07 Å². The molecule has 0 aliphatic heterocycles. The Kier molecular flexibility index (Phi) is 6.56. The van der Waals surface area contributed by atoms with Crippen molar-refractivity contribution in [2.24, 2.45) is 0 Å². The lowest BCUT2D eigenvalue weighted by molar-refractivity contribution is 1.16. The van der Waals surface area contributed by atoms with Gasteiger partial charge < -0.3 is 9.13 Å². The van der Waals surface area contributed by atoms with Gasteiger partial charge in [-0.1, -0.05) is 91.0 Å². The second kappa shape index (κ2) is 11.4. The van der Waals surface area contributed by atoms with Crippen LogP contribution in [0.2, 0.25) is 0 Å². The van der Waals surface area contributed by atoms with Crippen LogP contribution >= 0.6 is 0 Å². The zero-order chi connectivity index (χ0) is 33.8. The molecule has 0 amide bonds. The van der Waals surface area contributed by atoms with Gasteiger partial charge in [-0.3, -0.25) is 0 Å². The van der Waals surface area contributed by atoms with Crippen molar-refractivity contribution < 1.29 is 0 Å². The molecule has 0 saturated carbocycles. The Hall–Kier alpha value is -7.39. The van der Waals surface area contributed by atoms with E-state index in [1.54, 1.807) is 0 Å². The van der Waals surface area contributed by atoms with Crippen LogP contribution in [0.5, 0.6) is 0 Å². The molecule has 0 radical (unpaired) electrons. The zero-order valence-electron chi connectivity index (χ0n) is 26.7. The summed E-state index contributed by atoms with van der Waals surface area (Å²) >= 11 is 0. The average molecular weight is 636 g/mol.